The van der Waals surface area contributed by atoms with Crippen molar-refractivity contribution in [2.75, 3.05) is 11.9 Å². The molecular weight excluding hydrogens is 198 g/mol. The molecule has 1 aromatic heterocycles. The summed E-state index contributed by atoms with van der Waals surface area (Å²) in [4.78, 5) is 4.50. The van der Waals surface area contributed by atoms with Crippen LogP contribution in [0.1, 0.15) is 19.0 Å². The second kappa shape index (κ2) is 4.94. The van der Waals surface area contributed by atoms with Crippen molar-refractivity contribution in [1.29, 1.82) is 0 Å². The lowest BCUT2D eigenvalue weighted by Crippen LogP contribution is -2.05. The van der Waals surface area contributed by atoms with Crippen LogP contribution in [0.25, 0.3) is 10.9 Å². The molecule has 0 bridgehead atoms. The van der Waals surface area contributed by atoms with Gasteiger partial charge in [-0.2, -0.15) is 0 Å². The average molecular weight is 215 g/mol. The Kier molecular flexibility index (Phi) is 3.37. The van der Waals surface area contributed by atoms with Gasteiger partial charge in [-0.3, -0.25) is 4.98 Å². The van der Waals surface area contributed by atoms with E-state index in [2.05, 4.69) is 23.3 Å². The topological polar surface area (TPSA) is 50.9 Å². The molecule has 0 saturated carbocycles. The van der Waals surface area contributed by atoms with Crippen LogP contribution in [0.5, 0.6) is 0 Å². The van der Waals surface area contributed by atoms with Crippen LogP contribution in [0.15, 0.2) is 30.3 Å². The third kappa shape index (κ3) is 2.14. The number of fused-ring (bicyclic) bond motifs is 1. The van der Waals surface area contributed by atoms with Crippen molar-refractivity contribution in [3.05, 3.63) is 36.0 Å². The number of anilines is 1. The highest BCUT2D eigenvalue weighted by Gasteiger charge is 2.03. The van der Waals surface area contributed by atoms with E-state index in [1.54, 1.807) is 0 Å². The van der Waals surface area contributed by atoms with Crippen LogP contribution in [-0.2, 0) is 6.54 Å². The van der Waals surface area contributed by atoms with Crippen molar-refractivity contribution < 1.29 is 0 Å². The molecule has 1 heterocycles. The molecule has 0 fully saturated rings. The van der Waals surface area contributed by atoms with E-state index < -0.39 is 0 Å². The first-order valence-corrected chi connectivity index (χ1v) is 5.67. The minimum atomic E-state index is 0.478. The Balaban J connectivity index is 2.50. The summed E-state index contributed by atoms with van der Waals surface area (Å²) in [5.74, 6) is 0. The van der Waals surface area contributed by atoms with Gasteiger partial charge >= 0.3 is 0 Å². The zero-order chi connectivity index (χ0) is 11.4. The number of hydrogen-bond acceptors (Lipinski definition) is 3. The number of nitrogens with one attached hydrogen (secondary N) is 1. The number of pyridine rings is 1. The van der Waals surface area contributed by atoms with Gasteiger partial charge in [0.1, 0.15) is 0 Å². The zero-order valence-electron chi connectivity index (χ0n) is 9.53. The SMILES string of the molecule is CCCNc1cc(CN)nc2ccccc12. The highest BCUT2D eigenvalue weighted by molar-refractivity contribution is 5.91. The largest absolute Gasteiger partial charge is 0.384 e. The molecule has 16 heavy (non-hydrogen) atoms. The normalized spacial score (nSPS) is 10.6. The Morgan fingerprint density at radius 1 is 1.31 bits per heavy atom. The summed E-state index contributed by atoms with van der Waals surface area (Å²) in [6, 6.07) is 10.2. The van der Waals surface area contributed by atoms with Crippen molar-refractivity contribution in [3.63, 3.8) is 0 Å². The molecule has 0 unspecified atom stereocenters. The molecule has 2 aromatic rings. The highest BCUT2D eigenvalue weighted by Crippen LogP contribution is 2.22. The van der Waals surface area contributed by atoms with Gasteiger partial charge in [-0.25, -0.2) is 0 Å². The summed E-state index contributed by atoms with van der Waals surface area (Å²) in [5, 5.41) is 4.58. The monoisotopic (exact) mass is 215 g/mol. The van der Waals surface area contributed by atoms with Crippen LogP contribution in [0.4, 0.5) is 5.69 Å². The fourth-order valence-electron chi connectivity index (χ4n) is 1.74. The number of benzene rings is 1. The number of nitrogens with two attached hydrogens (primary N) is 1. The Morgan fingerprint density at radius 2 is 2.12 bits per heavy atom. The maximum atomic E-state index is 5.65. The Labute approximate surface area is 95.7 Å². The summed E-state index contributed by atoms with van der Waals surface area (Å²) < 4.78 is 0. The summed E-state index contributed by atoms with van der Waals surface area (Å²) in [5.41, 5.74) is 8.71. The molecule has 1 aromatic carbocycles. The predicted octanol–water partition coefficient (Wildman–Crippen LogP) is 2.52. The first kappa shape index (κ1) is 10.9. The number of aromatic nitrogens is 1. The molecule has 2 rings (SSSR count). The lowest BCUT2D eigenvalue weighted by molar-refractivity contribution is 0.972. The fourth-order valence-corrected chi connectivity index (χ4v) is 1.74. The molecule has 3 nitrogen and oxygen atoms in total. The highest BCUT2D eigenvalue weighted by atomic mass is 14.9. The minimum absolute atomic E-state index is 0.478. The number of hydrogen-bond donors (Lipinski definition) is 2. The molecular formula is C13H17N3. The van der Waals surface area contributed by atoms with E-state index in [0.717, 1.165) is 35.2 Å². The van der Waals surface area contributed by atoms with Crippen molar-refractivity contribution in [2.24, 2.45) is 5.73 Å². The second-order valence-electron chi connectivity index (χ2n) is 3.81. The molecule has 3 N–H and O–H groups in total. The van der Waals surface area contributed by atoms with Gasteiger partial charge in [0.05, 0.1) is 11.2 Å². The maximum Gasteiger partial charge on any atom is 0.0726 e. The molecule has 0 amide bonds. The van der Waals surface area contributed by atoms with Gasteiger partial charge in [0.25, 0.3) is 0 Å². The Hall–Kier alpha value is -1.61. The van der Waals surface area contributed by atoms with Crippen molar-refractivity contribution in [1.82, 2.24) is 4.98 Å². The Bertz CT molecular complexity index is 480. The van der Waals surface area contributed by atoms with E-state index in [1.807, 2.05) is 24.3 Å². The number of rotatable bonds is 4. The van der Waals surface area contributed by atoms with Crippen LogP contribution >= 0.6 is 0 Å². The molecule has 0 aliphatic heterocycles. The van der Waals surface area contributed by atoms with Crippen molar-refractivity contribution in [2.45, 2.75) is 19.9 Å². The van der Waals surface area contributed by atoms with Gasteiger partial charge in [0.2, 0.25) is 0 Å². The lowest BCUT2D eigenvalue weighted by Gasteiger charge is -2.10. The van der Waals surface area contributed by atoms with E-state index in [9.17, 15) is 0 Å². The molecule has 0 radical (unpaired) electrons. The first-order valence-electron chi connectivity index (χ1n) is 5.67. The van der Waals surface area contributed by atoms with Crippen LogP contribution in [0.3, 0.4) is 0 Å². The Morgan fingerprint density at radius 3 is 2.88 bits per heavy atom. The smallest absolute Gasteiger partial charge is 0.0726 e. The number of para-hydroxylation sites is 1. The molecule has 0 spiro atoms. The van der Waals surface area contributed by atoms with Crippen LogP contribution in [0.2, 0.25) is 0 Å². The maximum absolute atomic E-state index is 5.65. The molecule has 3 heteroatoms. The molecule has 0 aliphatic rings. The molecule has 0 saturated heterocycles. The zero-order valence-corrected chi connectivity index (χ0v) is 9.53. The van der Waals surface area contributed by atoms with E-state index in [0.29, 0.717) is 6.54 Å². The van der Waals surface area contributed by atoms with Gasteiger partial charge in [-0.1, -0.05) is 25.1 Å². The summed E-state index contributed by atoms with van der Waals surface area (Å²) >= 11 is 0. The van der Waals surface area contributed by atoms with Gasteiger partial charge < -0.3 is 11.1 Å². The summed E-state index contributed by atoms with van der Waals surface area (Å²) in [6.07, 6.45) is 1.11. The standard InChI is InChI=1S/C13H17N3/c1-2-7-15-13-8-10(9-14)16-12-6-4-3-5-11(12)13/h3-6,8H,2,7,9,14H2,1H3,(H,15,16). The molecule has 0 atom stereocenters. The summed E-state index contributed by atoms with van der Waals surface area (Å²) in [6.45, 7) is 3.60. The third-order valence-electron chi connectivity index (χ3n) is 2.54. The van der Waals surface area contributed by atoms with E-state index >= 15 is 0 Å². The first-order chi connectivity index (χ1) is 7.85. The van der Waals surface area contributed by atoms with E-state index in [4.69, 9.17) is 5.73 Å². The van der Waals surface area contributed by atoms with Gasteiger partial charge in [-0.05, 0) is 18.6 Å². The van der Waals surface area contributed by atoms with Gasteiger partial charge in [0.15, 0.2) is 0 Å². The minimum Gasteiger partial charge on any atom is -0.384 e. The predicted molar refractivity (Wildman–Crippen MR) is 68.4 cm³/mol. The van der Waals surface area contributed by atoms with Crippen molar-refractivity contribution in [3.8, 4) is 0 Å². The molecule has 84 valence electrons. The lowest BCUT2D eigenvalue weighted by atomic mass is 10.1. The summed E-state index contributed by atoms with van der Waals surface area (Å²) in [7, 11) is 0. The van der Waals surface area contributed by atoms with E-state index in [-0.39, 0.29) is 0 Å². The van der Waals surface area contributed by atoms with Crippen LogP contribution in [0, 0.1) is 0 Å². The average Bonchev–Trinajstić information content (AvgIpc) is 2.35. The van der Waals surface area contributed by atoms with Gasteiger partial charge in [-0.15, -0.1) is 0 Å². The fraction of sp³-hybridized carbons (Fsp3) is 0.308. The third-order valence-corrected chi connectivity index (χ3v) is 2.54. The second-order valence-corrected chi connectivity index (χ2v) is 3.81. The van der Waals surface area contributed by atoms with Crippen molar-refractivity contribution >= 4 is 16.6 Å². The van der Waals surface area contributed by atoms with Gasteiger partial charge in [0, 0.05) is 24.2 Å². The van der Waals surface area contributed by atoms with Crippen LogP contribution < -0.4 is 11.1 Å². The number of nitrogens with zero attached hydrogens (tertiary/aromatic N) is 1. The van der Waals surface area contributed by atoms with E-state index in [1.165, 1.54) is 0 Å². The quantitative estimate of drug-likeness (QED) is 0.824. The molecule has 0 aliphatic carbocycles. The van der Waals surface area contributed by atoms with Crippen LogP contribution in [-0.4, -0.2) is 11.5 Å².